The van der Waals surface area contributed by atoms with E-state index in [0.717, 1.165) is 5.88 Å². The summed E-state index contributed by atoms with van der Waals surface area (Å²) in [4.78, 5) is 0. The predicted molar refractivity (Wildman–Crippen MR) is 45.8 cm³/mol. The van der Waals surface area contributed by atoms with Crippen LogP contribution in [0.3, 0.4) is 0 Å². The summed E-state index contributed by atoms with van der Waals surface area (Å²) in [6, 6.07) is 0. The molecule has 0 saturated heterocycles. The van der Waals surface area contributed by atoms with E-state index in [-0.39, 0.29) is 0 Å². The molecule has 0 radical (unpaired) electrons. The van der Waals surface area contributed by atoms with Gasteiger partial charge in [-0.1, -0.05) is 8.93 Å². The molecule has 0 saturated carbocycles. The minimum Gasteiger partial charge on any atom is -0.403 e. The summed E-state index contributed by atoms with van der Waals surface area (Å²) in [5.41, 5.74) is 5.05. The van der Waals surface area contributed by atoms with Crippen molar-refractivity contribution in [2.24, 2.45) is 11.6 Å². The maximum absolute atomic E-state index is 5.34. The van der Waals surface area contributed by atoms with Gasteiger partial charge in [-0.15, -0.1) is 0 Å². The topological polar surface area (TPSA) is 55.3 Å². The Morgan fingerprint density at radius 3 is 2.75 bits per heavy atom. The number of hydrogen-bond acceptors (Lipinski definition) is 4. The molecule has 0 aromatic rings. The van der Waals surface area contributed by atoms with Crippen LogP contribution in [0.15, 0.2) is 12.4 Å². The summed E-state index contributed by atoms with van der Waals surface area (Å²) >= 11 is 2.16. The van der Waals surface area contributed by atoms with E-state index < -0.39 is 0 Å². The summed E-state index contributed by atoms with van der Waals surface area (Å²) in [7, 11) is 1.61. The van der Waals surface area contributed by atoms with Crippen LogP contribution in [0.5, 0.6) is 0 Å². The third kappa shape index (κ3) is 4.54. The van der Waals surface area contributed by atoms with Gasteiger partial charge in [-0.25, -0.2) is 5.84 Å². The summed E-state index contributed by atoms with van der Waals surface area (Å²) in [5.74, 6) is 6.09. The first-order chi connectivity index (χ1) is 3.81. The second-order valence-electron chi connectivity index (χ2n) is 1.09. The summed E-state index contributed by atoms with van der Waals surface area (Å²) in [6.45, 7) is 0. The average Bonchev–Trinajstić information content (AvgIpc) is 1.68. The summed E-state index contributed by atoms with van der Waals surface area (Å²) in [6.07, 6.45) is 3.03. The Hall–Kier alpha value is 0.380. The normalized spacial score (nSPS) is 10.2. The highest BCUT2D eigenvalue weighted by molar-refractivity contribution is 14.2. The van der Waals surface area contributed by atoms with Gasteiger partial charge in [-0.05, 0) is 21.2 Å². The molecule has 0 spiro atoms. The Morgan fingerprint density at radius 2 is 2.38 bits per heavy atom. The number of nitrogens with two attached hydrogens (primary N) is 2. The maximum Gasteiger partial charge on any atom is 0.0889 e. The van der Waals surface area contributed by atoms with E-state index in [1.165, 1.54) is 11.2 Å². The number of hydrogen-bond donors (Lipinski definition) is 2. The molecule has 0 aliphatic rings. The van der Waals surface area contributed by atoms with Gasteiger partial charge in [0.2, 0.25) is 0 Å². The van der Waals surface area contributed by atoms with E-state index in [9.17, 15) is 0 Å². The van der Waals surface area contributed by atoms with E-state index in [0.29, 0.717) is 0 Å². The van der Waals surface area contributed by atoms with Crippen LogP contribution in [0.25, 0.3) is 0 Å². The van der Waals surface area contributed by atoms with Crippen molar-refractivity contribution >= 4 is 30.1 Å². The Balaban J connectivity index is 3.17. The predicted octanol–water partition coefficient (Wildman–Crippen LogP) is 0.633. The standard InChI is InChI=1S/C3H8IN3S/c4-8-3-7(6)2-1-5/h1-2H,3,5-6H2/b2-1-. The van der Waals surface area contributed by atoms with Gasteiger partial charge in [0.25, 0.3) is 0 Å². The van der Waals surface area contributed by atoms with Crippen LogP contribution in [0, 0.1) is 0 Å². The lowest BCUT2D eigenvalue weighted by Crippen LogP contribution is -2.23. The van der Waals surface area contributed by atoms with Crippen LogP contribution < -0.4 is 11.6 Å². The quantitative estimate of drug-likeness (QED) is 0.331. The lowest BCUT2D eigenvalue weighted by molar-refractivity contribution is 0.466. The fourth-order valence-corrected chi connectivity index (χ4v) is 1.37. The Bertz CT molecular complexity index is 76.9. The summed E-state index contributed by atoms with van der Waals surface area (Å²) in [5, 5.41) is 1.51. The lowest BCUT2D eigenvalue weighted by Gasteiger charge is -2.08. The SMILES string of the molecule is N/C=C\N(N)CSI. The number of rotatable bonds is 3. The van der Waals surface area contributed by atoms with Gasteiger partial charge in [-0.3, -0.25) is 0 Å². The number of nitrogens with zero attached hydrogens (tertiary/aromatic N) is 1. The second kappa shape index (κ2) is 5.52. The van der Waals surface area contributed by atoms with E-state index in [4.69, 9.17) is 11.6 Å². The Morgan fingerprint density at radius 1 is 1.75 bits per heavy atom. The molecule has 0 unspecified atom stereocenters. The van der Waals surface area contributed by atoms with Crippen molar-refractivity contribution in [2.75, 3.05) is 5.88 Å². The maximum atomic E-state index is 5.34. The molecule has 0 rings (SSSR count). The third-order valence-electron chi connectivity index (χ3n) is 0.475. The summed E-state index contributed by atoms with van der Waals surface area (Å²) < 4.78 is 0. The van der Waals surface area contributed by atoms with Crippen LogP contribution in [-0.4, -0.2) is 10.9 Å². The van der Waals surface area contributed by atoms with E-state index in [1.54, 1.807) is 15.1 Å². The van der Waals surface area contributed by atoms with Crippen LogP contribution in [0.2, 0.25) is 0 Å². The van der Waals surface area contributed by atoms with Gasteiger partial charge in [0.1, 0.15) is 0 Å². The van der Waals surface area contributed by atoms with Crippen LogP contribution in [-0.2, 0) is 0 Å². The molecule has 0 aliphatic heterocycles. The molecule has 0 aliphatic carbocycles. The molecule has 5 heteroatoms. The first-order valence-electron chi connectivity index (χ1n) is 1.94. The van der Waals surface area contributed by atoms with Gasteiger partial charge in [-0.2, -0.15) is 0 Å². The molecule has 48 valence electrons. The van der Waals surface area contributed by atoms with Gasteiger partial charge < -0.3 is 10.7 Å². The Kier molecular flexibility index (Phi) is 5.78. The van der Waals surface area contributed by atoms with E-state index in [2.05, 4.69) is 21.2 Å². The molecular weight excluding hydrogens is 237 g/mol. The highest BCUT2D eigenvalue weighted by atomic mass is 127. The molecule has 3 nitrogen and oxygen atoms in total. The van der Waals surface area contributed by atoms with Gasteiger partial charge in [0.05, 0.1) is 5.88 Å². The molecule has 0 bridgehead atoms. The molecule has 0 heterocycles. The van der Waals surface area contributed by atoms with E-state index >= 15 is 0 Å². The lowest BCUT2D eigenvalue weighted by atomic mass is 10.9. The minimum atomic E-state index is 0.758. The van der Waals surface area contributed by atoms with Crippen LogP contribution in [0.1, 0.15) is 0 Å². The smallest absolute Gasteiger partial charge is 0.0889 e. The van der Waals surface area contributed by atoms with Crippen molar-refractivity contribution in [3.05, 3.63) is 12.4 Å². The largest absolute Gasteiger partial charge is 0.403 e. The van der Waals surface area contributed by atoms with Crippen molar-refractivity contribution in [2.45, 2.75) is 0 Å². The zero-order valence-electron chi connectivity index (χ0n) is 4.25. The number of halogens is 1. The fraction of sp³-hybridized carbons (Fsp3) is 0.333. The van der Waals surface area contributed by atoms with Gasteiger partial charge in [0.15, 0.2) is 0 Å². The first kappa shape index (κ1) is 8.38. The molecule has 0 fully saturated rings. The highest BCUT2D eigenvalue weighted by Crippen LogP contribution is 2.10. The fourth-order valence-electron chi connectivity index (χ4n) is 0.210. The van der Waals surface area contributed by atoms with Crippen molar-refractivity contribution in [1.29, 1.82) is 0 Å². The molecular formula is C3H8IN3S. The first-order valence-corrected chi connectivity index (χ1v) is 5.47. The van der Waals surface area contributed by atoms with Crippen molar-refractivity contribution in [3.8, 4) is 0 Å². The van der Waals surface area contributed by atoms with Crippen molar-refractivity contribution in [3.63, 3.8) is 0 Å². The average molecular weight is 245 g/mol. The van der Waals surface area contributed by atoms with E-state index in [1.807, 2.05) is 0 Å². The van der Waals surface area contributed by atoms with Gasteiger partial charge in [0, 0.05) is 12.4 Å². The molecule has 0 aromatic carbocycles. The zero-order chi connectivity index (χ0) is 6.41. The molecule has 0 aromatic heterocycles. The van der Waals surface area contributed by atoms with Crippen LogP contribution >= 0.6 is 30.1 Å². The molecule has 8 heavy (non-hydrogen) atoms. The zero-order valence-corrected chi connectivity index (χ0v) is 7.22. The number of hydrazine groups is 1. The van der Waals surface area contributed by atoms with Crippen LogP contribution in [0.4, 0.5) is 0 Å². The third-order valence-corrected chi connectivity index (χ3v) is 1.71. The molecule has 0 amide bonds. The van der Waals surface area contributed by atoms with Gasteiger partial charge >= 0.3 is 0 Å². The van der Waals surface area contributed by atoms with Crippen molar-refractivity contribution in [1.82, 2.24) is 5.01 Å². The molecule has 0 atom stereocenters. The Labute approximate surface area is 65.0 Å². The monoisotopic (exact) mass is 245 g/mol. The minimum absolute atomic E-state index is 0.758. The second-order valence-corrected chi connectivity index (χ2v) is 3.44. The molecule has 4 N–H and O–H groups in total. The highest BCUT2D eigenvalue weighted by Gasteiger charge is 1.85. The van der Waals surface area contributed by atoms with Crippen molar-refractivity contribution < 1.29 is 0 Å².